The van der Waals surface area contributed by atoms with Crippen LogP contribution in [0.1, 0.15) is 30.7 Å². The maximum atomic E-state index is 12.6. The van der Waals surface area contributed by atoms with Crippen LogP contribution in [0.2, 0.25) is 0 Å². The highest BCUT2D eigenvalue weighted by Crippen LogP contribution is 2.30. The molecule has 0 aliphatic carbocycles. The summed E-state index contributed by atoms with van der Waals surface area (Å²) >= 11 is 1.49. The van der Waals surface area contributed by atoms with Gasteiger partial charge in [-0.1, -0.05) is 37.3 Å². The Kier molecular flexibility index (Phi) is 8.28. The molecule has 3 aromatic rings. The molecule has 0 radical (unpaired) electrons. The second kappa shape index (κ2) is 11.6. The van der Waals surface area contributed by atoms with Crippen LogP contribution in [0.3, 0.4) is 0 Å². The summed E-state index contributed by atoms with van der Waals surface area (Å²) in [5, 5.41) is 5.79. The van der Waals surface area contributed by atoms with Crippen LogP contribution in [-0.2, 0) is 22.6 Å². The number of aryl methyl sites for hydroxylation is 2. The van der Waals surface area contributed by atoms with Crippen LogP contribution in [0.4, 0.5) is 16.5 Å². The Morgan fingerprint density at radius 1 is 1.06 bits per heavy atom. The molecule has 1 saturated heterocycles. The molecule has 1 N–H and O–H groups in total. The number of amides is 2. The highest BCUT2D eigenvalue weighted by Gasteiger charge is 2.22. The molecule has 4 rings (SSSR count). The van der Waals surface area contributed by atoms with Gasteiger partial charge in [0.15, 0.2) is 5.13 Å². The largest absolute Gasteiger partial charge is 0.325 e. The summed E-state index contributed by atoms with van der Waals surface area (Å²) in [6, 6.07) is 15.9. The first-order valence-corrected chi connectivity index (χ1v) is 12.9. The molecule has 1 aliphatic rings. The Balaban J connectivity index is 1.29. The quantitative estimate of drug-likeness (QED) is 0.504. The van der Waals surface area contributed by atoms with Crippen molar-refractivity contribution in [2.24, 2.45) is 0 Å². The van der Waals surface area contributed by atoms with Crippen LogP contribution in [-0.4, -0.2) is 59.3 Å². The van der Waals surface area contributed by atoms with Crippen molar-refractivity contribution in [2.45, 2.75) is 33.7 Å². The van der Waals surface area contributed by atoms with E-state index in [1.54, 1.807) is 11.8 Å². The molecule has 0 bridgehead atoms. The molecule has 0 spiro atoms. The van der Waals surface area contributed by atoms with Crippen LogP contribution < -0.4 is 10.2 Å². The lowest BCUT2D eigenvalue weighted by Gasteiger charge is -2.33. The van der Waals surface area contributed by atoms with Gasteiger partial charge in [-0.3, -0.25) is 24.3 Å². The first kappa shape index (κ1) is 25.0. The molecule has 2 heterocycles. The van der Waals surface area contributed by atoms with Gasteiger partial charge < -0.3 is 5.32 Å². The van der Waals surface area contributed by atoms with Gasteiger partial charge in [0.25, 0.3) is 0 Å². The fraction of sp³-hybridized carbons (Fsp3) is 0.370. The first-order chi connectivity index (χ1) is 16.9. The Bertz CT molecular complexity index is 1170. The standard InChI is InChI=1S/C27H33N5O2S/c1-4-22-9-5-6-11-25(22)29-26(34)18-31-14-12-30(13-15-31)17-23-19-35-27(28-23)32(21(3)33)24-10-7-8-20(2)16-24/h5-11,16,19H,4,12-15,17-18H2,1-3H3,(H,29,34). The monoisotopic (exact) mass is 491 g/mol. The van der Waals surface area contributed by atoms with E-state index in [2.05, 4.69) is 28.1 Å². The van der Waals surface area contributed by atoms with Gasteiger partial charge in [-0.25, -0.2) is 4.98 Å². The number of rotatable bonds is 8. The average molecular weight is 492 g/mol. The van der Waals surface area contributed by atoms with E-state index in [-0.39, 0.29) is 11.8 Å². The SMILES string of the molecule is CCc1ccccc1NC(=O)CN1CCN(Cc2csc(N(C(C)=O)c3cccc(C)c3)n2)CC1. The van der Waals surface area contributed by atoms with Crippen molar-refractivity contribution in [3.05, 3.63) is 70.7 Å². The number of hydrogen-bond acceptors (Lipinski definition) is 6. The van der Waals surface area contributed by atoms with Gasteiger partial charge in [-0.2, -0.15) is 0 Å². The molecule has 1 fully saturated rings. The van der Waals surface area contributed by atoms with E-state index in [0.29, 0.717) is 11.7 Å². The Morgan fingerprint density at radius 2 is 1.80 bits per heavy atom. The molecule has 7 nitrogen and oxygen atoms in total. The van der Waals surface area contributed by atoms with Crippen molar-refractivity contribution < 1.29 is 9.59 Å². The Hall–Kier alpha value is -3.07. The number of para-hydroxylation sites is 1. The van der Waals surface area contributed by atoms with Crippen LogP contribution in [0.5, 0.6) is 0 Å². The lowest BCUT2D eigenvalue weighted by molar-refractivity contribution is -0.118. The van der Waals surface area contributed by atoms with Gasteiger partial charge in [0.05, 0.1) is 17.9 Å². The zero-order valence-corrected chi connectivity index (χ0v) is 21.5. The van der Waals surface area contributed by atoms with Crippen molar-refractivity contribution in [3.63, 3.8) is 0 Å². The summed E-state index contributed by atoms with van der Waals surface area (Å²) in [6.45, 7) is 10.2. The van der Waals surface area contributed by atoms with E-state index in [9.17, 15) is 9.59 Å². The molecule has 0 atom stereocenters. The first-order valence-electron chi connectivity index (χ1n) is 12.1. The van der Waals surface area contributed by atoms with Gasteiger partial charge >= 0.3 is 0 Å². The maximum Gasteiger partial charge on any atom is 0.238 e. The number of carbonyl (C=O) groups is 2. The number of piperazine rings is 1. The van der Waals surface area contributed by atoms with Gasteiger partial charge in [-0.05, 0) is 42.7 Å². The minimum Gasteiger partial charge on any atom is -0.325 e. The summed E-state index contributed by atoms with van der Waals surface area (Å²) in [5.74, 6) is -0.0195. The third kappa shape index (κ3) is 6.54. The molecule has 8 heteroatoms. The molecule has 1 aliphatic heterocycles. The second-order valence-corrected chi connectivity index (χ2v) is 9.76. The fourth-order valence-corrected chi connectivity index (χ4v) is 5.22. The molecule has 1 aromatic heterocycles. The van der Waals surface area contributed by atoms with Gasteiger partial charge in [0.1, 0.15) is 0 Å². The summed E-state index contributed by atoms with van der Waals surface area (Å²) in [4.78, 5) is 35.9. The summed E-state index contributed by atoms with van der Waals surface area (Å²) in [6.07, 6.45) is 0.891. The number of nitrogens with zero attached hydrogens (tertiary/aromatic N) is 4. The second-order valence-electron chi connectivity index (χ2n) is 8.93. The third-order valence-corrected chi connectivity index (χ3v) is 7.07. The Labute approximate surface area is 211 Å². The number of carbonyl (C=O) groups excluding carboxylic acids is 2. The van der Waals surface area contributed by atoms with E-state index in [4.69, 9.17) is 4.98 Å². The number of hydrogen-bond donors (Lipinski definition) is 1. The number of aromatic nitrogens is 1. The number of nitrogens with one attached hydrogen (secondary N) is 1. The average Bonchev–Trinajstić information content (AvgIpc) is 3.28. The van der Waals surface area contributed by atoms with Gasteiger partial charge in [0.2, 0.25) is 11.8 Å². The predicted octanol–water partition coefficient (Wildman–Crippen LogP) is 4.45. The molecule has 2 amide bonds. The third-order valence-electron chi connectivity index (χ3n) is 6.20. The fourth-order valence-electron chi connectivity index (χ4n) is 4.34. The van der Waals surface area contributed by atoms with Crippen molar-refractivity contribution >= 4 is 39.7 Å². The molecule has 2 aromatic carbocycles. The van der Waals surface area contributed by atoms with Crippen molar-refractivity contribution in [1.29, 1.82) is 0 Å². The lowest BCUT2D eigenvalue weighted by Crippen LogP contribution is -2.48. The molecule has 0 unspecified atom stereocenters. The smallest absolute Gasteiger partial charge is 0.238 e. The minimum absolute atomic E-state index is 0.0314. The van der Waals surface area contributed by atoms with E-state index in [1.807, 2.05) is 54.8 Å². The normalized spacial score (nSPS) is 14.6. The van der Waals surface area contributed by atoms with Crippen molar-refractivity contribution in [1.82, 2.24) is 14.8 Å². The zero-order valence-electron chi connectivity index (χ0n) is 20.7. The van der Waals surface area contributed by atoms with Crippen LogP contribution in [0.15, 0.2) is 53.9 Å². The lowest BCUT2D eigenvalue weighted by atomic mass is 10.1. The minimum atomic E-state index is -0.0510. The Morgan fingerprint density at radius 3 is 2.51 bits per heavy atom. The van der Waals surface area contributed by atoms with E-state index in [0.717, 1.165) is 67.3 Å². The molecular formula is C27H33N5O2S. The summed E-state index contributed by atoms with van der Waals surface area (Å²) in [5.41, 5.74) is 4.96. The molecular weight excluding hydrogens is 458 g/mol. The number of anilines is 3. The predicted molar refractivity (Wildman–Crippen MR) is 142 cm³/mol. The number of thiazole rings is 1. The van der Waals surface area contributed by atoms with E-state index < -0.39 is 0 Å². The van der Waals surface area contributed by atoms with Crippen LogP contribution in [0, 0.1) is 6.92 Å². The topological polar surface area (TPSA) is 68.8 Å². The van der Waals surface area contributed by atoms with Crippen LogP contribution in [0.25, 0.3) is 0 Å². The molecule has 35 heavy (non-hydrogen) atoms. The van der Waals surface area contributed by atoms with Gasteiger partial charge in [-0.15, -0.1) is 11.3 Å². The van der Waals surface area contributed by atoms with Crippen molar-refractivity contribution in [3.8, 4) is 0 Å². The maximum absolute atomic E-state index is 12.6. The van der Waals surface area contributed by atoms with Crippen LogP contribution >= 0.6 is 11.3 Å². The van der Waals surface area contributed by atoms with Crippen molar-refractivity contribution in [2.75, 3.05) is 42.9 Å². The summed E-state index contributed by atoms with van der Waals surface area (Å²) in [7, 11) is 0. The molecule has 184 valence electrons. The highest BCUT2D eigenvalue weighted by molar-refractivity contribution is 7.14. The molecule has 0 saturated carbocycles. The van der Waals surface area contributed by atoms with E-state index in [1.165, 1.54) is 11.3 Å². The zero-order chi connectivity index (χ0) is 24.8. The van der Waals surface area contributed by atoms with E-state index >= 15 is 0 Å². The highest BCUT2D eigenvalue weighted by atomic mass is 32.1. The summed E-state index contributed by atoms with van der Waals surface area (Å²) < 4.78 is 0. The van der Waals surface area contributed by atoms with Gasteiger partial charge in [0, 0.05) is 50.7 Å². The number of benzene rings is 2.